The Kier molecular flexibility index (Phi) is 6.73. The molecule has 0 saturated carbocycles. The Morgan fingerprint density at radius 3 is 2.15 bits per heavy atom. The number of nitrogens with one attached hydrogen (secondary N) is 1. The molecule has 27 heavy (non-hydrogen) atoms. The van der Waals surface area contributed by atoms with Crippen LogP contribution < -0.4 is 5.32 Å². The van der Waals surface area contributed by atoms with Gasteiger partial charge in [-0.05, 0) is 50.6 Å². The molecule has 2 N–H and O–H groups in total. The molecule has 0 aliphatic carbocycles. The van der Waals surface area contributed by atoms with Gasteiger partial charge in [-0.3, -0.25) is 4.79 Å². The molecule has 5 nitrogen and oxygen atoms in total. The summed E-state index contributed by atoms with van der Waals surface area (Å²) >= 11 is 12.2. The number of hydrogen-bond acceptors (Lipinski definition) is 4. The molecule has 0 radical (unpaired) electrons. The largest absolute Gasteiger partial charge is 0.508 e. The van der Waals surface area contributed by atoms with E-state index < -0.39 is 23.5 Å². The summed E-state index contributed by atoms with van der Waals surface area (Å²) in [6.45, 7) is 5.24. The molecule has 0 aromatic heterocycles. The Labute approximate surface area is 168 Å². The molecule has 0 aliphatic rings. The lowest BCUT2D eigenvalue weighted by Crippen LogP contribution is -2.45. The van der Waals surface area contributed by atoms with Crippen molar-refractivity contribution in [1.82, 2.24) is 5.32 Å². The van der Waals surface area contributed by atoms with Crippen molar-refractivity contribution in [2.75, 3.05) is 0 Å². The van der Waals surface area contributed by atoms with E-state index in [2.05, 4.69) is 5.32 Å². The number of phenols is 1. The van der Waals surface area contributed by atoms with Crippen molar-refractivity contribution < 1.29 is 19.4 Å². The molecule has 1 amide bonds. The summed E-state index contributed by atoms with van der Waals surface area (Å²) in [5, 5.41) is 12.4. The molecule has 0 bridgehead atoms. The molecular weight excluding hydrogens is 389 g/mol. The molecule has 0 heterocycles. The predicted octanol–water partition coefficient (Wildman–Crippen LogP) is 4.38. The summed E-state index contributed by atoms with van der Waals surface area (Å²) in [5.74, 6) is -1.04. The molecule has 0 aliphatic heterocycles. The Morgan fingerprint density at radius 1 is 1.07 bits per heavy atom. The van der Waals surface area contributed by atoms with Crippen molar-refractivity contribution in [3.05, 3.63) is 63.6 Å². The zero-order valence-corrected chi connectivity index (χ0v) is 16.8. The number of hydrogen-bond donors (Lipinski definition) is 2. The molecule has 2 aromatic carbocycles. The van der Waals surface area contributed by atoms with Gasteiger partial charge in [0.2, 0.25) is 0 Å². The van der Waals surface area contributed by atoms with Gasteiger partial charge in [0.05, 0.1) is 15.6 Å². The molecule has 0 saturated heterocycles. The summed E-state index contributed by atoms with van der Waals surface area (Å²) in [6.07, 6.45) is 0.184. The van der Waals surface area contributed by atoms with Gasteiger partial charge in [-0.2, -0.15) is 0 Å². The third-order valence-corrected chi connectivity index (χ3v) is 4.19. The number of carbonyl (C=O) groups excluding carboxylic acids is 2. The van der Waals surface area contributed by atoms with Crippen LogP contribution in [0, 0.1) is 0 Å². The highest BCUT2D eigenvalue weighted by Gasteiger charge is 2.28. The van der Waals surface area contributed by atoms with Gasteiger partial charge in [-0.1, -0.05) is 41.4 Å². The minimum Gasteiger partial charge on any atom is -0.508 e. The predicted molar refractivity (Wildman–Crippen MR) is 105 cm³/mol. The number of halogens is 2. The second kappa shape index (κ2) is 8.63. The van der Waals surface area contributed by atoms with E-state index in [1.54, 1.807) is 51.1 Å². The third kappa shape index (κ3) is 6.15. The van der Waals surface area contributed by atoms with Crippen molar-refractivity contribution in [3.63, 3.8) is 0 Å². The monoisotopic (exact) mass is 409 g/mol. The van der Waals surface area contributed by atoms with Crippen LogP contribution in [0.5, 0.6) is 5.75 Å². The summed E-state index contributed by atoms with van der Waals surface area (Å²) < 4.78 is 5.42. The Hall–Kier alpha value is -2.24. The lowest BCUT2D eigenvalue weighted by molar-refractivity contribution is -0.157. The molecule has 0 unspecified atom stereocenters. The smallest absolute Gasteiger partial charge is 0.329 e. The van der Waals surface area contributed by atoms with Gasteiger partial charge in [0.25, 0.3) is 5.91 Å². The number of carbonyl (C=O) groups is 2. The SMILES string of the molecule is CC(C)(C)OC(=O)[C@H](Cc1ccc(O)cc1)NC(=O)c1c(Cl)cccc1Cl. The Morgan fingerprint density at radius 2 is 1.63 bits per heavy atom. The molecule has 2 rings (SSSR count). The molecule has 144 valence electrons. The van der Waals surface area contributed by atoms with Gasteiger partial charge in [0.15, 0.2) is 0 Å². The van der Waals surface area contributed by atoms with Crippen LogP contribution in [0.15, 0.2) is 42.5 Å². The van der Waals surface area contributed by atoms with E-state index in [4.69, 9.17) is 27.9 Å². The highest BCUT2D eigenvalue weighted by atomic mass is 35.5. The first-order chi connectivity index (χ1) is 12.6. The fourth-order valence-corrected chi connectivity index (χ4v) is 2.95. The van der Waals surface area contributed by atoms with E-state index >= 15 is 0 Å². The van der Waals surface area contributed by atoms with Gasteiger partial charge in [-0.15, -0.1) is 0 Å². The Balaban J connectivity index is 2.27. The minimum atomic E-state index is -0.950. The molecule has 2 aromatic rings. The van der Waals surface area contributed by atoms with Gasteiger partial charge >= 0.3 is 5.97 Å². The van der Waals surface area contributed by atoms with Crippen LogP contribution in [-0.4, -0.2) is 28.6 Å². The average molecular weight is 410 g/mol. The summed E-state index contributed by atoms with van der Waals surface area (Å²) in [6, 6.07) is 10.1. The van der Waals surface area contributed by atoms with Crippen LogP contribution in [0.4, 0.5) is 0 Å². The van der Waals surface area contributed by atoms with Crippen LogP contribution in [0.25, 0.3) is 0 Å². The van der Waals surface area contributed by atoms with Gasteiger partial charge in [0, 0.05) is 6.42 Å². The minimum absolute atomic E-state index is 0.0973. The van der Waals surface area contributed by atoms with Crippen LogP contribution in [0.1, 0.15) is 36.7 Å². The zero-order chi connectivity index (χ0) is 20.2. The number of aromatic hydroxyl groups is 1. The highest BCUT2D eigenvalue weighted by molar-refractivity contribution is 6.39. The number of benzene rings is 2. The number of esters is 1. The van der Waals surface area contributed by atoms with Crippen LogP contribution >= 0.6 is 23.2 Å². The first-order valence-corrected chi connectivity index (χ1v) is 9.08. The maximum atomic E-state index is 12.7. The second-order valence-electron chi connectivity index (χ2n) is 7.03. The molecule has 0 fully saturated rings. The van der Waals surface area contributed by atoms with Crippen molar-refractivity contribution >= 4 is 35.1 Å². The normalized spacial score (nSPS) is 12.3. The van der Waals surface area contributed by atoms with E-state index in [1.807, 2.05) is 0 Å². The van der Waals surface area contributed by atoms with E-state index in [9.17, 15) is 14.7 Å². The summed E-state index contributed by atoms with van der Waals surface area (Å²) in [4.78, 5) is 25.3. The topological polar surface area (TPSA) is 75.6 Å². The second-order valence-corrected chi connectivity index (χ2v) is 7.84. The molecule has 7 heteroatoms. The van der Waals surface area contributed by atoms with Gasteiger partial charge < -0.3 is 15.2 Å². The first kappa shape index (κ1) is 21.1. The summed E-state index contributed by atoms with van der Waals surface area (Å²) in [5.41, 5.74) is 0.131. The fourth-order valence-electron chi connectivity index (χ4n) is 2.38. The number of phenolic OH excluding ortho intramolecular Hbond substituents is 1. The van der Waals surface area contributed by atoms with E-state index in [0.29, 0.717) is 0 Å². The molecule has 1 atom stereocenters. The maximum Gasteiger partial charge on any atom is 0.329 e. The average Bonchev–Trinajstić information content (AvgIpc) is 2.54. The third-order valence-electron chi connectivity index (χ3n) is 3.56. The van der Waals surface area contributed by atoms with Crippen molar-refractivity contribution in [2.45, 2.75) is 38.8 Å². The van der Waals surface area contributed by atoms with Crippen molar-refractivity contribution in [2.24, 2.45) is 0 Å². The molecule has 0 spiro atoms. The van der Waals surface area contributed by atoms with Crippen LogP contribution in [0.3, 0.4) is 0 Å². The number of rotatable bonds is 5. The molecular formula is C20H21Cl2NO4. The van der Waals surface area contributed by atoms with Crippen LogP contribution in [-0.2, 0) is 16.0 Å². The fraction of sp³-hybridized carbons (Fsp3) is 0.300. The highest BCUT2D eigenvalue weighted by Crippen LogP contribution is 2.24. The number of amides is 1. The van der Waals surface area contributed by atoms with E-state index in [0.717, 1.165) is 5.56 Å². The van der Waals surface area contributed by atoms with Crippen molar-refractivity contribution in [1.29, 1.82) is 0 Å². The van der Waals surface area contributed by atoms with Crippen LogP contribution in [0.2, 0.25) is 10.0 Å². The zero-order valence-electron chi connectivity index (χ0n) is 15.3. The number of ether oxygens (including phenoxy) is 1. The first-order valence-electron chi connectivity index (χ1n) is 8.32. The quantitative estimate of drug-likeness (QED) is 0.718. The lowest BCUT2D eigenvalue weighted by Gasteiger charge is -2.25. The van der Waals surface area contributed by atoms with E-state index in [1.165, 1.54) is 12.1 Å². The lowest BCUT2D eigenvalue weighted by atomic mass is 10.0. The summed E-state index contributed by atoms with van der Waals surface area (Å²) in [7, 11) is 0. The van der Waals surface area contributed by atoms with Gasteiger partial charge in [0.1, 0.15) is 17.4 Å². The maximum absolute atomic E-state index is 12.7. The van der Waals surface area contributed by atoms with Gasteiger partial charge in [-0.25, -0.2) is 4.79 Å². The standard InChI is InChI=1S/C20H21Cl2NO4/c1-20(2,3)27-19(26)16(11-12-7-9-13(24)10-8-12)23-18(25)17-14(21)5-4-6-15(17)22/h4-10,16,24H,11H2,1-3H3,(H,23,25)/t16-/m0/s1. The Bertz CT molecular complexity index is 809. The van der Waals surface area contributed by atoms with Crippen molar-refractivity contribution in [3.8, 4) is 5.75 Å². The van der Waals surface area contributed by atoms with E-state index in [-0.39, 0.29) is 27.8 Å².